The molecule has 1 aromatic carbocycles. The molecule has 6 nitrogen and oxygen atoms in total. The maximum atomic E-state index is 14.2. The van der Waals surface area contributed by atoms with Gasteiger partial charge >= 0.3 is 0 Å². The molecule has 4 rings (SSSR count). The van der Waals surface area contributed by atoms with Crippen LogP contribution in [0.5, 0.6) is 0 Å². The molecule has 1 aliphatic heterocycles. The molecule has 144 valence electrons. The number of hydrogen-bond acceptors (Lipinski definition) is 6. The molecule has 0 atom stereocenters. The average molecular weight is 410 g/mol. The number of carbonyl (C=O) groups is 1. The molecular formula is C18H20FN3O3S2. The van der Waals surface area contributed by atoms with Gasteiger partial charge in [-0.3, -0.25) is 4.79 Å². The third-order valence-corrected chi connectivity index (χ3v) is 8.09. The molecule has 0 spiro atoms. The lowest BCUT2D eigenvalue weighted by Gasteiger charge is -2.34. The number of halogens is 1. The van der Waals surface area contributed by atoms with E-state index in [4.69, 9.17) is 0 Å². The molecule has 27 heavy (non-hydrogen) atoms. The Balaban J connectivity index is 1.48. The highest BCUT2D eigenvalue weighted by atomic mass is 32.2. The van der Waals surface area contributed by atoms with Gasteiger partial charge in [0.25, 0.3) is 0 Å². The van der Waals surface area contributed by atoms with Crippen molar-refractivity contribution in [3.63, 3.8) is 0 Å². The quantitative estimate of drug-likeness (QED) is 0.775. The van der Waals surface area contributed by atoms with Crippen LogP contribution in [0.25, 0.3) is 0 Å². The van der Waals surface area contributed by atoms with Gasteiger partial charge in [0.15, 0.2) is 14.0 Å². The Morgan fingerprint density at radius 2 is 1.93 bits per heavy atom. The molecule has 1 aromatic heterocycles. The number of amides is 1. The number of aromatic nitrogens is 2. The van der Waals surface area contributed by atoms with Gasteiger partial charge in [-0.05, 0) is 31.7 Å². The minimum Gasteiger partial charge on any atom is -0.342 e. The zero-order chi connectivity index (χ0) is 19.2. The van der Waals surface area contributed by atoms with Crippen molar-refractivity contribution >= 4 is 27.3 Å². The van der Waals surface area contributed by atoms with E-state index in [0.29, 0.717) is 50.0 Å². The summed E-state index contributed by atoms with van der Waals surface area (Å²) in [4.78, 5) is 14.9. The lowest BCUT2D eigenvalue weighted by molar-refractivity contribution is -0.135. The van der Waals surface area contributed by atoms with Crippen LogP contribution in [0, 0.1) is 5.82 Å². The van der Waals surface area contributed by atoms with Crippen molar-refractivity contribution in [2.24, 2.45) is 0 Å². The van der Waals surface area contributed by atoms with Crippen LogP contribution in [0.2, 0.25) is 0 Å². The number of carbonyl (C=O) groups excluding carboxylic acids is 1. The number of benzene rings is 1. The van der Waals surface area contributed by atoms with Crippen molar-refractivity contribution in [1.29, 1.82) is 0 Å². The van der Waals surface area contributed by atoms with Gasteiger partial charge in [-0.15, -0.1) is 5.10 Å². The van der Waals surface area contributed by atoms with Crippen molar-refractivity contribution in [3.8, 4) is 0 Å². The molecule has 0 N–H and O–H groups in total. The molecule has 1 saturated heterocycles. The third kappa shape index (κ3) is 3.27. The molecule has 1 saturated carbocycles. The van der Waals surface area contributed by atoms with Crippen LogP contribution in [0.3, 0.4) is 0 Å². The van der Waals surface area contributed by atoms with E-state index >= 15 is 0 Å². The summed E-state index contributed by atoms with van der Waals surface area (Å²) in [5.74, 6) is -0.378. The summed E-state index contributed by atoms with van der Waals surface area (Å²) >= 11 is 0.899. The monoisotopic (exact) mass is 409 g/mol. The van der Waals surface area contributed by atoms with Gasteiger partial charge in [0.05, 0.1) is 11.1 Å². The molecule has 1 amide bonds. The Morgan fingerprint density at radius 1 is 1.26 bits per heavy atom. The Morgan fingerprint density at radius 3 is 2.52 bits per heavy atom. The van der Waals surface area contributed by atoms with Crippen molar-refractivity contribution in [3.05, 3.63) is 41.3 Å². The van der Waals surface area contributed by atoms with Crippen LogP contribution in [0.1, 0.15) is 42.9 Å². The van der Waals surface area contributed by atoms with Gasteiger partial charge in [-0.1, -0.05) is 22.7 Å². The Bertz CT molecular complexity index is 977. The number of likely N-dealkylation sites (tertiary alicyclic amines) is 1. The van der Waals surface area contributed by atoms with Crippen molar-refractivity contribution < 1.29 is 17.6 Å². The van der Waals surface area contributed by atoms with E-state index in [1.165, 1.54) is 6.07 Å². The lowest BCUT2D eigenvalue weighted by atomic mass is 9.90. The predicted octanol–water partition coefficient (Wildman–Crippen LogP) is 2.52. The van der Waals surface area contributed by atoms with Crippen LogP contribution in [-0.2, 0) is 20.0 Å². The van der Waals surface area contributed by atoms with E-state index < -0.39 is 15.3 Å². The SMILES string of the molecule is CS(=O)(=O)c1snnc1C1CCN(C(=O)C2(c3ccccc3F)CC2)CC1. The molecule has 2 aromatic rings. The Hall–Kier alpha value is -1.87. The first-order valence-electron chi connectivity index (χ1n) is 8.89. The molecule has 2 heterocycles. The van der Waals surface area contributed by atoms with Gasteiger partial charge in [0, 0.05) is 42.4 Å². The van der Waals surface area contributed by atoms with Gasteiger partial charge in [-0.25, -0.2) is 12.8 Å². The highest BCUT2D eigenvalue weighted by molar-refractivity contribution is 7.92. The first-order chi connectivity index (χ1) is 12.8. The number of rotatable bonds is 4. The maximum absolute atomic E-state index is 14.2. The fraction of sp³-hybridized carbons (Fsp3) is 0.500. The minimum atomic E-state index is -3.35. The fourth-order valence-corrected chi connectivity index (χ4v) is 5.66. The first kappa shape index (κ1) is 18.5. The summed E-state index contributed by atoms with van der Waals surface area (Å²) in [5, 5.41) is 4.03. The highest BCUT2D eigenvalue weighted by Gasteiger charge is 2.54. The summed E-state index contributed by atoms with van der Waals surface area (Å²) in [6, 6.07) is 6.50. The van der Waals surface area contributed by atoms with Crippen molar-refractivity contribution in [1.82, 2.24) is 14.5 Å². The van der Waals surface area contributed by atoms with Crippen LogP contribution < -0.4 is 0 Å². The predicted molar refractivity (Wildman–Crippen MR) is 98.9 cm³/mol. The minimum absolute atomic E-state index is 0.0224. The maximum Gasteiger partial charge on any atom is 0.233 e. The van der Waals surface area contributed by atoms with Gasteiger partial charge < -0.3 is 4.90 Å². The third-order valence-electron chi connectivity index (χ3n) is 5.54. The molecule has 0 radical (unpaired) electrons. The van der Waals surface area contributed by atoms with E-state index in [9.17, 15) is 17.6 Å². The second-order valence-corrected chi connectivity index (χ2v) is 10.3. The fourth-order valence-electron chi connectivity index (χ4n) is 3.93. The van der Waals surface area contributed by atoms with E-state index in [-0.39, 0.29) is 21.9 Å². The van der Waals surface area contributed by atoms with E-state index in [1.807, 2.05) is 0 Å². The summed E-state index contributed by atoms with van der Waals surface area (Å²) < 4.78 is 42.0. The molecule has 1 aliphatic carbocycles. The number of nitrogens with zero attached hydrogens (tertiary/aromatic N) is 3. The van der Waals surface area contributed by atoms with Gasteiger partial charge in [0.1, 0.15) is 5.82 Å². The zero-order valence-electron chi connectivity index (χ0n) is 14.9. The standard InChI is InChI=1S/C18H20FN3O3S2/c1-27(24,25)16-15(20-21-26-16)12-6-10-22(11-7-12)17(23)18(8-9-18)13-4-2-3-5-14(13)19/h2-5,12H,6-11H2,1H3. The van der Waals surface area contributed by atoms with Crippen LogP contribution in [0.4, 0.5) is 4.39 Å². The molecule has 0 unspecified atom stereocenters. The smallest absolute Gasteiger partial charge is 0.233 e. The second-order valence-electron chi connectivity index (χ2n) is 7.35. The first-order valence-corrected chi connectivity index (χ1v) is 11.6. The Kier molecular flexibility index (Phi) is 4.54. The van der Waals surface area contributed by atoms with Crippen molar-refractivity contribution in [2.75, 3.05) is 19.3 Å². The molecular weight excluding hydrogens is 389 g/mol. The number of hydrogen-bond donors (Lipinski definition) is 0. The zero-order valence-corrected chi connectivity index (χ0v) is 16.5. The Labute approximate surface area is 161 Å². The van der Waals surface area contributed by atoms with E-state index in [0.717, 1.165) is 17.8 Å². The van der Waals surface area contributed by atoms with Crippen molar-refractivity contribution in [2.45, 2.75) is 41.2 Å². The highest BCUT2D eigenvalue weighted by Crippen LogP contribution is 2.51. The summed E-state index contributed by atoms with van der Waals surface area (Å²) in [5.41, 5.74) is 0.281. The van der Waals surface area contributed by atoms with Crippen LogP contribution in [-0.4, -0.2) is 48.2 Å². The second kappa shape index (κ2) is 6.63. The molecule has 2 fully saturated rings. The summed E-state index contributed by atoms with van der Waals surface area (Å²) in [6.45, 7) is 1.03. The molecule has 0 bridgehead atoms. The number of sulfone groups is 1. The van der Waals surface area contributed by atoms with Gasteiger partial charge in [-0.2, -0.15) is 0 Å². The number of piperidine rings is 1. The van der Waals surface area contributed by atoms with E-state index in [1.54, 1.807) is 23.1 Å². The normalized spacial score (nSPS) is 19.9. The summed E-state index contributed by atoms with van der Waals surface area (Å²) in [6.07, 6.45) is 3.76. The molecule has 9 heteroatoms. The topological polar surface area (TPSA) is 80.2 Å². The molecule has 2 aliphatic rings. The largest absolute Gasteiger partial charge is 0.342 e. The average Bonchev–Trinajstić information content (AvgIpc) is 3.28. The summed E-state index contributed by atoms with van der Waals surface area (Å²) in [7, 11) is -3.35. The van der Waals surface area contributed by atoms with Crippen LogP contribution in [0.15, 0.2) is 28.5 Å². The van der Waals surface area contributed by atoms with Gasteiger partial charge in [0.2, 0.25) is 5.91 Å². The van der Waals surface area contributed by atoms with E-state index in [2.05, 4.69) is 9.59 Å². The van der Waals surface area contributed by atoms with Crippen LogP contribution >= 0.6 is 11.5 Å². The lowest BCUT2D eigenvalue weighted by Crippen LogP contribution is -2.44.